The van der Waals surface area contributed by atoms with E-state index < -0.39 is 17.2 Å². The molecular formula is C45H52F2N4O5. The molecule has 2 aliphatic heterocycles. The van der Waals surface area contributed by atoms with E-state index in [-0.39, 0.29) is 63.8 Å². The molecule has 2 aromatic heterocycles. The molecule has 0 amide bonds. The highest BCUT2D eigenvalue weighted by Crippen LogP contribution is 2.57. The average molecular weight is 767 g/mol. The normalized spacial score (nSPS) is 26.9. The van der Waals surface area contributed by atoms with Crippen molar-refractivity contribution < 1.29 is 33.2 Å². The van der Waals surface area contributed by atoms with Crippen LogP contribution in [-0.2, 0) is 4.74 Å². The Balaban J connectivity index is 1.13. The summed E-state index contributed by atoms with van der Waals surface area (Å²) in [5.41, 5.74) is -0.343. The average Bonchev–Trinajstić information content (AvgIpc) is 3.53. The fourth-order valence-electron chi connectivity index (χ4n) is 11.3. The van der Waals surface area contributed by atoms with Crippen LogP contribution in [0.2, 0.25) is 0 Å². The summed E-state index contributed by atoms with van der Waals surface area (Å²) in [4.78, 5) is 14.3. The first kappa shape index (κ1) is 37.3. The lowest BCUT2D eigenvalue weighted by Gasteiger charge is -2.58. The lowest BCUT2D eigenvalue weighted by atomic mass is 9.57. The number of fused-ring (bicyclic) bond motifs is 3. The monoisotopic (exact) mass is 766 g/mol. The predicted molar refractivity (Wildman–Crippen MR) is 212 cm³/mol. The van der Waals surface area contributed by atoms with Gasteiger partial charge in [-0.05, 0) is 93.8 Å². The summed E-state index contributed by atoms with van der Waals surface area (Å²) in [6, 6.07) is 8.38. The van der Waals surface area contributed by atoms with Crippen LogP contribution in [-0.4, -0.2) is 89.3 Å². The van der Waals surface area contributed by atoms with Gasteiger partial charge in [-0.2, -0.15) is 0 Å². The summed E-state index contributed by atoms with van der Waals surface area (Å²) in [5, 5.41) is 23.0. The van der Waals surface area contributed by atoms with Gasteiger partial charge in [0.05, 0.1) is 43.6 Å². The summed E-state index contributed by atoms with van der Waals surface area (Å²) in [7, 11) is 1.44. The number of terminal acetylenes is 1. The van der Waals surface area contributed by atoms with E-state index in [0.717, 1.165) is 38.6 Å². The second kappa shape index (κ2) is 14.3. The van der Waals surface area contributed by atoms with Gasteiger partial charge in [-0.15, -0.1) is 6.42 Å². The van der Waals surface area contributed by atoms with Crippen molar-refractivity contribution in [3.8, 4) is 41.1 Å². The summed E-state index contributed by atoms with van der Waals surface area (Å²) >= 11 is 0. The molecule has 1 spiro atoms. The number of aliphatic hydroxyl groups is 1. The molecule has 11 heteroatoms. The Labute approximate surface area is 327 Å². The number of benzene rings is 2. The number of methoxy groups -OCH3 is 1. The summed E-state index contributed by atoms with van der Waals surface area (Å²) in [6.07, 6.45) is 20.9. The highest BCUT2D eigenvalue weighted by molar-refractivity contribution is 6.04. The number of phenols is 1. The minimum absolute atomic E-state index is 0.0275. The van der Waals surface area contributed by atoms with E-state index in [9.17, 15) is 10.2 Å². The van der Waals surface area contributed by atoms with Crippen LogP contribution in [0.15, 0.2) is 30.3 Å². The fraction of sp³-hybridized carbons (Fsp3) is 0.556. The molecule has 3 aliphatic carbocycles. The Morgan fingerprint density at radius 3 is 2.59 bits per heavy atom. The van der Waals surface area contributed by atoms with E-state index in [1.165, 1.54) is 76.3 Å². The second-order valence-electron chi connectivity index (χ2n) is 17.6. The van der Waals surface area contributed by atoms with Crippen molar-refractivity contribution in [1.29, 1.82) is 0 Å². The molecule has 2 N–H and O–H groups in total. The van der Waals surface area contributed by atoms with Crippen molar-refractivity contribution in [1.82, 2.24) is 14.9 Å². The van der Waals surface area contributed by atoms with Gasteiger partial charge in [0, 0.05) is 47.6 Å². The van der Waals surface area contributed by atoms with Crippen LogP contribution >= 0.6 is 0 Å². The number of aromatic hydroxyl groups is 1. The molecule has 3 atom stereocenters. The second-order valence-corrected chi connectivity index (χ2v) is 17.6. The number of anilines is 1. The first-order chi connectivity index (χ1) is 27.0. The number of hydrogen-bond acceptors (Lipinski definition) is 9. The van der Waals surface area contributed by atoms with Crippen LogP contribution in [0.25, 0.3) is 32.9 Å². The molecule has 5 fully saturated rings. The number of likely N-dealkylation sites (tertiary alicyclic amines) is 1. The number of pyridine rings is 2. The predicted octanol–water partition coefficient (Wildman–Crippen LogP) is 8.14. The molecule has 0 bridgehead atoms. The Morgan fingerprint density at radius 1 is 1.00 bits per heavy atom. The molecule has 9 rings (SSSR count). The Kier molecular flexibility index (Phi) is 9.53. The van der Waals surface area contributed by atoms with Crippen LogP contribution in [0.3, 0.4) is 0 Å². The molecule has 4 heterocycles. The maximum absolute atomic E-state index is 17.4. The Hall–Kier alpha value is -4.24. The molecule has 9 nitrogen and oxygen atoms in total. The largest absolute Gasteiger partial charge is 0.508 e. The zero-order chi connectivity index (χ0) is 38.8. The number of rotatable bonds is 7. The van der Waals surface area contributed by atoms with Gasteiger partial charge < -0.3 is 29.3 Å². The molecule has 3 saturated carbocycles. The van der Waals surface area contributed by atoms with Gasteiger partial charge in [0.1, 0.15) is 28.4 Å². The molecule has 296 valence electrons. The summed E-state index contributed by atoms with van der Waals surface area (Å²) in [6.45, 7) is 4.40. The number of aromatic nitrogens is 2. The Morgan fingerprint density at radius 2 is 1.80 bits per heavy atom. The van der Waals surface area contributed by atoms with Gasteiger partial charge in [-0.25, -0.2) is 18.7 Å². The third kappa shape index (κ3) is 6.42. The van der Waals surface area contributed by atoms with Gasteiger partial charge in [0.15, 0.2) is 5.82 Å². The number of hydrogen-bond donors (Lipinski definition) is 2. The van der Waals surface area contributed by atoms with Crippen LogP contribution in [0.1, 0.15) is 89.5 Å². The van der Waals surface area contributed by atoms with Crippen molar-refractivity contribution in [3.05, 3.63) is 47.5 Å². The molecular weight excluding hydrogens is 715 g/mol. The lowest BCUT2D eigenvalue weighted by molar-refractivity contribution is -0.0903. The lowest BCUT2D eigenvalue weighted by Crippen LogP contribution is -2.60. The third-order valence-corrected chi connectivity index (χ3v) is 13.8. The van der Waals surface area contributed by atoms with E-state index in [2.05, 4.69) is 15.8 Å². The Bertz CT molecular complexity index is 2210. The third-order valence-electron chi connectivity index (χ3n) is 13.8. The molecule has 2 aromatic carbocycles. The van der Waals surface area contributed by atoms with E-state index in [1.54, 1.807) is 6.92 Å². The van der Waals surface area contributed by atoms with Crippen molar-refractivity contribution in [2.24, 2.45) is 10.8 Å². The number of halogens is 2. The molecule has 0 radical (unpaired) electrons. The van der Waals surface area contributed by atoms with E-state index in [1.807, 2.05) is 11.0 Å². The van der Waals surface area contributed by atoms with Crippen molar-refractivity contribution in [2.75, 3.05) is 51.5 Å². The molecule has 5 aliphatic rings. The van der Waals surface area contributed by atoms with Crippen LogP contribution < -0.4 is 14.4 Å². The first-order valence-corrected chi connectivity index (χ1v) is 20.5. The maximum Gasteiger partial charge on any atom is 0.225 e. The first-order valence-electron chi connectivity index (χ1n) is 20.5. The molecule has 2 saturated heterocycles. The minimum Gasteiger partial charge on any atom is -0.508 e. The zero-order valence-corrected chi connectivity index (χ0v) is 32.5. The van der Waals surface area contributed by atoms with E-state index in [4.69, 9.17) is 25.6 Å². The number of phenolic OH excluding ortho intramolecular Hbond substituents is 1. The number of β-amino-alcohol motifs (C(OH)–C–C–N with tert-alkyl or cyclic N) is 1. The number of piperidine rings is 1. The highest BCUT2D eigenvalue weighted by atomic mass is 19.1. The SMILES string of the molecule is C#Cc1c(F)ccc2cc(O)cc(-c3nc(OC)c4c(N5CCOCC(C)(O)C5)cc(OCC56CCCC5N(C5CC7(CCCCC7)C5)CCC6)nc4c3F)c12. The van der Waals surface area contributed by atoms with Crippen molar-refractivity contribution in [2.45, 2.75) is 102 Å². The summed E-state index contributed by atoms with van der Waals surface area (Å²) < 4.78 is 50.9. The van der Waals surface area contributed by atoms with Gasteiger partial charge in [0.2, 0.25) is 11.8 Å². The standard InChI is InChI=1S/C45H52F2N4O5/c1-4-31-33(46)12-11-28-20-30(52)21-32(37(28)31)40-39(47)41-38(42(49-40)54-3)34(50-18-19-55-26-43(2,53)25-50)22-36(48-41)56-27-45-15-8-10-35(45)51(17-9-16-45)29-23-44(24-29)13-6-5-7-14-44/h1,11-12,20-22,29,35,52-53H,5-10,13-19,23-27H2,2-3H3. The van der Waals surface area contributed by atoms with Gasteiger partial charge >= 0.3 is 0 Å². The fourth-order valence-corrected chi connectivity index (χ4v) is 11.3. The topological polar surface area (TPSA) is 100 Å². The van der Waals surface area contributed by atoms with Crippen LogP contribution in [0, 0.1) is 34.8 Å². The van der Waals surface area contributed by atoms with Crippen molar-refractivity contribution in [3.63, 3.8) is 0 Å². The number of ether oxygens (including phenoxy) is 3. The quantitative estimate of drug-likeness (QED) is 0.181. The smallest absolute Gasteiger partial charge is 0.225 e. The summed E-state index contributed by atoms with van der Waals surface area (Å²) in [5.74, 6) is 1.12. The molecule has 56 heavy (non-hydrogen) atoms. The van der Waals surface area contributed by atoms with E-state index in [0.29, 0.717) is 53.7 Å². The van der Waals surface area contributed by atoms with Gasteiger partial charge in [-0.3, -0.25) is 4.90 Å². The molecule has 4 aromatic rings. The van der Waals surface area contributed by atoms with Crippen LogP contribution in [0.5, 0.6) is 17.5 Å². The molecule has 3 unspecified atom stereocenters. The van der Waals surface area contributed by atoms with Crippen LogP contribution in [0.4, 0.5) is 14.5 Å². The van der Waals surface area contributed by atoms with Gasteiger partial charge in [0.25, 0.3) is 0 Å². The number of nitrogens with zero attached hydrogens (tertiary/aromatic N) is 4. The zero-order valence-electron chi connectivity index (χ0n) is 32.5. The maximum atomic E-state index is 17.4. The van der Waals surface area contributed by atoms with Gasteiger partial charge in [-0.1, -0.05) is 37.7 Å². The highest BCUT2D eigenvalue weighted by Gasteiger charge is 2.54. The van der Waals surface area contributed by atoms with E-state index >= 15 is 8.78 Å². The van der Waals surface area contributed by atoms with Crippen molar-refractivity contribution >= 4 is 27.4 Å². The minimum atomic E-state index is -1.19.